The molecule has 37 heavy (non-hydrogen) atoms. The van der Waals surface area contributed by atoms with E-state index in [0.29, 0.717) is 50.8 Å². The largest absolute Gasteiger partial charge is 0.416 e. The van der Waals surface area contributed by atoms with Crippen LogP contribution in [0.3, 0.4) is 0 Å². The second-order valence-corrected chi connectivity index (χ2v) is 11.7. The zero-order valence-corrected chi connectivity index (χ0v) is 21.1. The third-order valence-electron chi connectivity index (χ3n) is 7.31. The summed E-state index contributed by atoms with van der Waals surface area (Å²) >= 11 is 0. The Balaban J connectivity index is 1.35. The molecule has 0 aliphatic carbocycles. The van der Waals surface area contributed by atoms with Gasteiger partial charge in [-0.3, -0.25) is 9.59 Å². The van der Waals surface area contributed by atoms with Crippen molar-refractivity contribution in [2.24, 2.45) is 11.8 Å². The van der Waals surface area contributed by atoms with Crippen LogP contribution in [-0.4, -0.2) is 72.5 Å². The molecule has 3 aliphatic rings. The van der Waals surface area contributed by atoms with E-state index < -0.39 is 33.9 Å². The van der Waals surface area contributed by atoms with Gasteiger partial charge in [-0.2, -0.15) is 35.5 Å². The lowest BCUT2D eigenvalue weighted by atomic mass is 9.97. The number of nitrogens with one attached hydrogen (secondary N) is 1. The number of nitrogens with zero attached hydrogens (tertiary/aromatic N) is 4. The molecule has 3 saturated heterocycles. The maximum absolute atomic E-state index is 13.4. The fraction of sp³-hybridized carbons (Fsp3) is 0.625. The van der Waals surface area contributed by atoms with Crippen LogP contribution in [-0.2, 0) is 32.5 Å². The van der Waals surface area contributed by atoms with Gasteiger partial charge in [0.15, 0.2) is 0 Å². The Morgan fingerprint density at radius 3 is 2.32 bits per heavy atom. The van der Waals surface area contributed by atoms with Crippen molar-refractivity contribution < 1.29 is 31.2 Å². The smallest absolute Gasteiger partial charge is 0.350 e. The number of benzene rings is 1. The lowest BCUT2D eigenvalue weighted by Crippen LogP contribution is -2.53. The Hall–Kier alpha value is -2.69. The lowest BCUT2D eigenvalue weighted by Gasteiger charge is -2.36. The highest BCUT2D eigenvalue weighted by atomic mass is 32.2. The number of hydrogen-bond donors (Lipinski definition) is 1. The van der Waals surface area contributed by atoms with Gasteiger partial charge in [0.1, 0.15) is 6.04 Å². The van der Waals surface area contributed by atoms with Crippen molar-refractivity contribution in [3.63, 3.8) is 0 Å². The summed E-state index contributed by atoms with van der Waals surface area (Å²) in [5.41, 5.74) is -0.265. The number of halogens is 3. The molecule has 3 fully saturated rings. The van der Waals surface area contributed by atoms with E-state index in [9.17, 15) is 31.2 Å². The van der Waals surface area contributed by atoms with Gasteiger partial charge in [-0.25, -0.2) is 0 Å². The fourth-order valence-corrected chi connectivity index (χ4v) is 6.98. The Morgan fingerprint density at radius 1 is 1.00 bits per heavy atom. The van der Waals surface area contributed by atoms with Crippen LogP contribution in [0.2, 0.25) is 0 Å². The predicted octanol–water partition coefficient (Wildman–Crippen LogP) is 2.11. The molecular weight excluding hydrogens is 511 g/mol. The highest BCUT2D eigenvalue weighted by Crippen LogP contribution is 2.30. The standard InChI is InChI=1S/C24H30F3N5O4S/c25-24(26,27)20-7-5-17(6-8-20)14-29-22(33)21-4-2-11-32(21)23(34)19-3-1-10-30(16-19)37(35,36)31-12-9-18(13-28)15-31/h5-8,18-19,21H,1-4,9-12,14-16H2,(H,29,33)/t18?,19-,21+/m0/s1. The molecular formula is C24H30F3N5O4S. The van der Waals surface area contributed by atoms with Gasteiger partial charge in [0.05, 0.1) is 23.5 Å². The minimum absolute atomic E-state index is 0.0322. The van der Waals surface area contributed by atoms with Crippen LogP contribution < -0.4 is 5.32 Å². The maximum Gasteiger partial charge on any atom is 0.416 e. The number of carbonyl (C=O) groups is 2. The van der Waals surface area contributed by atoms with Gasteiger partial charge in [0, 0.05) is 39.3 Å². The van der Waals surface area contributed by atoms with E-state index in [-0.39, 0.29) is 43.9 Å². The quantitative estimate of drug-likeness (QED) is 0.593. The van der Waals surface area contributed by atoms with Gasteiger partial charge in [-0.15, -0.1) is 0 Å². The SMILES string of the molecule is N#CC1CCN(S(=O)(=O)N2CCC[C@H](C(=O)N3CCC[C@@H]3C(=O)NCc3ccc(C(F)(F)F)cc3)C2)C1. The van der Waals surface area contributed by atoms with Crippen molar-refractivity contribution in [2.75, 3.05) is 32.7 Å². The van der Waals surface area contributed by atoms with Crippen LogP contribution >= 0.6 is 0 Å². The summed E-state index contributed by atoms with van der Waals surface area (Å²) in [4.78, 5) is 27.8. The van der Waals surface area contributed by atoms with Gasteiger partial charge >= 0.3 is 6.18 Å². The minimum Gasteiger partial charge on any atom is -0.350 e. The van der Waals surface area contributed by atoms with Crippen molar-refractivity contribution in [1.29, 1.82) is 5.26 Å². The lowest BCUT2D eigenvalue weighted by molar-refractivity contribution is -0.142. The van der Waals surface area contributed by atoms with Crippen molar-refractivity contribution in [2.45, 2.75) is 50.9 Å². The minimum atomic E-state index is -4.44. The molecule has 9 nitrogen and oxygen atoms in total. The van der Waals surface area contributed by atoms with Crippen molar-refractivity contribution in [3.05, 3.63) is 35.4 Å². The average Bonchev–Trinajstić information content (AvgIpc) is 3.57. The Labute approximate surface area is 214 Å². The highest BCUT2D eigenvalue weighted by Gasteiger charge is 2.42. The molecule has 0 bridgehead atoms. The summed E-state index contributed by atoms with van der Waals surface area (Å²) in [5, 5.41) is 11.8. The maximum atomic E-state index is 13.4. The second-order valence-electron chi connectivity index (χ2n) is 9.78. The molecule has 0 spiro atoms. The molecule has 4 rings (SSSR count). The average molecular weight is 542 g/mol. The molecule has 0 radical (unpaired) electrons. The molecule has 3 heterocycles. The van der Waals surface area contributed by atoms with Crippen molar-refractivity contribution >= 4 is 22.0 Å². The third-order valence-corrected chi connectivity index (χ3v) is 9.27. The van der Waals surface area contributed by atoms with Crippen LogP contribution in [0, 0.1) is 23.2 Å². The number of rotatable bonds is 6. The summed E-state index contributed by atoms with van der Waals surface area (Å²) in [6, 6.07) is 5.92. The molecule has 1 unspecified atom stereocenters. The number of carbonyl (C=O) groups excluding carboxylic acids is 2. The first kappa shape index (κ1) is 27.3. The second kappa shape index (κ2) is 11.0. The molecule has 1 aromatic carbocycles. The van der Waals surface area contributed by atoms with E-state index in [1.54, 1.807) is 0 Å². The van der Waals surface area contributed by atoms with E-state index in [2.05, 4.69) is 11.4 Å². The number of nitriles is 1. The van der Waals surface area contributed by atoms with Crippen LogP contribution in [0.4, 0.5) is 13.2 Å². The van der Waals surface area contributed by atoms with Crippen molar-refractivity contribution in [1.82, 2.24) is 18.8 Å². The van der Waals surface area contributed by atoms with Crippen LogP contribution in [0.1, 0.15) is 43.2 Å². The van der Waals surface area contributed by atoms with E-state index in [1.165, 1.54) is 25.6 Å². The van der Waals surface area contributed by atoms with Crippen LogP contribution in [0.25, 0.3) is 0 Å². The Morgan fingerprint density at radius 2 is 1.68 bits per heavy atom. The molecule has 1 N–H and O–H groups in total. The molecule has 0 aromatic heterocycles. The molecule has 0 saturated carbocycles. The molecule has 2 amide bonds. The molecule has 3 atom stereocenters. The number of piperidine rings is 1. The summed E-state index contributed by atoms with van der Waals surface area (Å²) in [6.07, 6.45) is -1.83. The highest BCUT2D eigenvalue weighted by molar-refractivity contribution is 7.86. The van der Waals surface area contributed by atoms with Gasteiger partial charge in [0.25, 0.3) is 10.2 Å². The van der Waals surface area contributed by atoms with Crippen LogP contribution in [0.15, 0.2) is 24.3 Å². The van der Waals surface area contributed by atoms with Crippen molar-refractivity contribution in [3.8, 4) is 6.07 Å². The fourth-order valence-electron chi connectivity index (χ4n) is 5.22. The van der Waals surface area contributed by atoms with E-state index >= 15 is 0 Å². The normalized spacial score (nSPS) is 25.7. The Bertz CT molecular complexity index is 1150. The van der Waals surface area contributed by atoms with E-state index in [0.717, 1.165) is 12.1 Å². The monoisotopic (exact) mass is 541 g/mol. The van der Waals surface area contributed by atoms with Gasteiger partial charge in [-0.1, -0.05) is 12.1 Å². The Kier molecular flexibility index (Phi) is 8.11. The molecule has 3 aliphatic heterocycles. The first-order valence-corrected chi connectivity index (χ1v) is 13.8. The van der Waals surface area contributed by atoms with Crippen LogP contribution in [0.5, 0.6) is 0 Å². The van der Waals surface area contributed by atoms with Gasteiger partial charge in [0.2, 0.25) is 11.8 Å². The predicted molar refractivity (Wildman–Crippen MR) is 127 cm³/mol. The summed E-state index contributed by atoms with van der Waals surface area (Å²) in [5.74, 6) is -1.54. The summed E-state index contributed by atoms with van der Waals surface area (Å²) in [6.45, 7) is 1.19. The number of amides is 2. The first-order chi connectivity index (χ1) is 17.5. The zero-order chi connectivity index (χ0) is 26.8. The first-order valence-electron chi connectivity index (χ1n) is 12.4. The third kappa shape index (κ3) is 6.08. The number of likely N-dealkylation sites (tertiary alicyclic amines) is 1. The topological polar surface area (TPSA) is 114 Å². The van der Waals surface area contributed by atoms with Gasteiger partial charge < -0.3 is 10.2 Å². The van der Waals surface area contributed by atoms with Gasteiger partial charge in [-0.05, 0) is 49.8 Å². The van der Waals surface area contributed by atoms with E-state index in [4.69, 9.17) is 5.26 Å². The zero-order valence-electron chi connectivity index (χ0n) is 20.3. The molecule has 13 heteroatoms. The number of alkyl halides is 3. The number of hydrogen-bond acceptors (Lipinski definition) is 5. The van der Waals surface area contributed by atoms with E-state index in [1.807, 2.05) is 0 Å². The summed E-state index contributed by atoms with van der Waals surface area (Å²) < 4.78 is 67.1. The molecule has 202 valence electrons. The summed E-state index contributed by atoms with van der Waals surface area (Å²) in [7, 11) is -3.78. The molecule has 1 aromatic rings.